The van der Waals surface area contributed by atoms with E-state index in [-0.39, 0.29) is 23.9 Å². The SMILES string of the molecule is O=C1NCC2c3c(cccc31)CCN2C(=O)[C@@H]1CCCN1. The Labute approximate surface area is 123 Å². The number of hydrogen-bond acceptors (Lipinski definition) is 3. The lowest BCUT2D eigenvalue weighted by Gasteiger charge is -2.41. The van der Waals surface area contributed by atoms with Gasteiger partial charge in [-0.1, -0.05) is 12.1 Å². The summed E-state index contributed by atoms with van der Waals surface area (Å²) in [7, 11) is 0. The van der Waals surface area contributed by atoms with E-state index in [1.165, 1.54) is 5.56 Å². The van der Waals surface area contributed by atoms with Gasteiger partial charge >= 0.3 is 0 Å². The van der Waals surface area contributed by atoms with Crippen LogP contribution >= 0.6 is 0 Å². The van der Waals surface area contributed by atoms with Crippen LogP contribution in [0.15, 0.2) is 18.2 Å². The average molecular weight is 285 g/mol. The fraction of sp³-hybridized carbons (Fsp3) is 0.500. The van der Waals surface area contributed by atoms with Gasteiger partial charge in [-0.15, -0.1) is 0 Å². The normalized spacial score (nSPS) is 27.2. The molecule has 5 heteroatoms. The summed E-state index contributed by atoms with van der Waals surface area (Å²) in [6.07, 6.45) is 2.82. The van der Waals surface area contributed by atoms with Crippen LogP contribution in [0.4, 0.5) is 0 Å². The van der Waals surface area contributed by atoms with Crippen LogP contribution in [0.5, 0.6) is 0 Å². The van der Waals surface area contributed by atoms with Gasteiger partial charge < -0.3 is 15.5 Å². The molecule has 21 heavy (non-hydrogen) atoms. The van der Waals surface area contributed by atoms with Gasteiger partial charge in [0.05, 0.1) is 12.1 Å². The number of carbonyl (C=O) groups excluding carboxylic acids is 2. The van der Waals surface area contributed by atoms with Gasteiger partial charge in [-0.25, -0.2) is 0 Å². The summed E-state index contributed by atoms with van der Waals surface area (Å²) in [6.45, 7) is 2.20. The number of hydrogen-bond donors (Lipinski definition) is 2. The molecular weight excluding hydrogens is 266 g/mol. The van der Waals surface area contributed by atoms with Crippen LogP contribution < -0.4 is 10.6 Å². The van der Waals surface area contributed by atoms with E-state index in [1.807, 2.05) is 17.0 Å². The Balaban J connectivity index is 1.71. The molecule has 5 nitrogen and oxygen atoms in total. The van der Waals surface area contributed by atoms with Crippen molar-refractivity contribution in [2.24, 2.45) is 0 Å². The minimum atomic E-state index is -0.0451. The second-order valence-corrected chi connectivity index (χ2v) is 6.03. The molecule has 3 aliphatic heterocycles. The molecule has 1 saturated heterocycles. The van der Waals surface area contributed by atoms with Gasteiger partial charge in [0.15, 0.2) is 0 Å². The zero-order valence-electron chi connectivity index (χ0n) is 11.9. The maximum Gasteiger partial charge on any atom is 0.251 e. The molecule has 1 unspecified atom stereocenters. The number of nitrogens with one attached hydrogen (secondary N) is 2. The zero-order valence-corrected chi connectivity index (χ0v) is 11.9. The lowest BCUT2D eigenvalue weighted by Crippen LogP contribution is -2.53. The Bertz CT molecular complexity index is 608. The summed E-state index contributed by atoms with van der Waals surface area (Å²) in [6, 6.07) is 5.84. The maximum absolute atomic E-state index is 12.7. The molecule has 0 spiro atoms. The summed E-state index contributed by atoms with van der Waals surface area (Å²) in [5.41, 5.74) is 3.02. The molecule has 2 atom stereocenters. The van der Waals surface area contributed by atoms with E-state index in [2.05, 4.69) is 16.7 Å². The fourth-order valence-corrected chi connectivity index (χ4v) is 3.83. The number of nitrogens with zero attached hydrogens (tertiary/aromatic N) is 1. The first-order valence-electron chi connectivity index (χ1n) is 7.69. The molecule has 1 aromatic rings. The largest absolute Gasteiger partial charge is 0.350 e. The van der Waals surface area contributed by atoms with Crippen LogP contribution in [0.1, 0.15) is 40.4 Å². The number of benzene rings is 1. The first kappa shape index (κ1) is 12.8. The van der Waals surface area contributed by atoms with E-state index in [9.17, 15) is 9.59 Å². The standard InChI is InChI=1S/C16H19N3O2/c20-15-11-4-1-3-10-6-8-19(13(9-18-15)14(10)11)16(21)12-5-2-7-17-12/h1,3-4,12-13,17H,2,5-9H2,(H,18,20)/t12-,13?/m0/s1. The molecule has 0 aromatic heterocycles. The van der Waals surface area contributed by atoms with Gasteiger partial charge in [0.25, 0.3) is 5.91 Å². The summed E-state index contributed by atoms with van der Waals surface area (Å²) in [5.74, 6) is 0.172. The van der Waals surface area contributed by atoms with Crippen molar-refractivity contribution in [3.63, 3.8) is 0 Å². The summed E-state index contributed by atoms with van der Waals surface area (Å²) < 4.78 is 0. The number of rotatable bonds is 1. The summed E-state index contributed by atoms with van der Waals surface area (Å²) in [4.78, 5) is 26.7. The monoisotopic (exact) mass is 285 g/mol. The molecule has 0 saturated carbocycles. The topological polar surface area (TPSA) is 61.4 Å². The molecule has 1 aromatic carbocycles. The highest BCUT2D eigenvalue weighted by Gasteiger charge is 2.39. The van der Waals surface area contributed by atoms with Crippen molar-refractivity contribution in [1.82, 2.24) is 15.5 Å². The molecule has 3 aliphatic rings. The highest BCUT2D eigenvalue weighted by atomic mass is 16.2. The van der Waals surface area contributed by atoms with Crippen molar-refractivity contribution in [3.8, 4) is 0 Å². The third kappa shape index (κ3) is 1.95. The Morgan fingerprint density at radius 2 is 2.24 bits per heavy atom. The molecule has 0 radical (unpaired) electrons. The first-order chi connectivity index (χ1) is 10.3. The predicted molar refractivity (Wildman–Crippen MR) is 78.0 cm³/mol. The predicted octanol–water partition coefficient (Wildman–Crippen LogP) is 0.608. The Morgan fingerprint density at radius 3 is 3.05 bits per heavy atom. The minimum Gasteiger partial charge on any atom is -0.350 e. The average Bonchev–Trinajstić information content (AvgIpc) is 3.04. The van der Waals surface area contributed by atoms with Crippen LogP contribution in [-0.2, 0) is 11.2 Å². The molecule has 4 rings (SSSR count). The molecule has 3 heterocycles. The van der Waals surface area contributed by atoms with Crippen LogP contribution in [0, 0.1) is 0 Å². The van der Waals surface area contributed by atoms with Crippen molar-refractivity contribution in [3.05, 3.63) is 34.9 Å². The van der Waals surface area contributed by atoms with Gasteiger partial charge in [-0.3, -0.25) is 9.59 Å². The quantitative estimate of drug-likeness (QED) is 0.794. The molecule has 0 bridgehead atoms. The Hall–Kier alpha value is -1.88. The van der Waals surface area contributed by atoms with E-state index in [4.69, 9.17) is 0 Å². The minimum absolute atomic E-state index is 0.00227. The molecule has 1 fully saturated rings. The maximum atomic E-state index is 12.7. The van der Waals surface area contributed by atoms with Crippen molar-refractivity contribution in [2.75, 3.05) is 19.6 Å². The third-order valence-corrected chi connectivity index (χ3v) is 4.87. The second kappa shape index (κ2) is 4.84. The molecule has 2 amide bonds. The number of amides is 2. The third-order valence-electron chi connectivity index (χ3n) is 4.87. The fourth-order valence-electron chi connectivity index (χ4n) is 3.83. The molecule has 110 valence electrons. The molecule has 0 aliphatic carbocycles. The van der Waals surface area contributed by atoms with Crippen molar-refractivity contribution in [2.45, 2.75) is 31.3 Å². The van der Waals surface area contributed by atoms with Gasteiger partial charge in [0.2, 0.25) is 5.91 Å². The van der Waals surface area contributed by atoms with Gasteiger partial charge in [-0.2, -0.15) is 0 Å². The summed E-state index contributed by atoms with van der Waals surface area (Å²) in [5, 5.41) is 6.21. The van der Waals surface area contributed by atoms with Crippen LogP contribution in [0.2, 0.25) is 0 Å². The number of carbonyl (C=O) groups is 2. The van der Waals surface area contributed by atoms with Crippen molar-refractivity contribution < 1.29 is 9.59 Å². The van der Waals surface area contributed by atoms with Crippen molar-refractivity contribution >= 4 is 11.8 Å². The van der Waals surface area contributed by atoms with E-state index < -0.39 is 0 Å². The van der Waals surface area contributed by atoms with Gasteiger partial charge in [0, 0.05) is 18.7 Å². The Kier molecular flexibility index (Phi) is 2.96. The van der Waals surface area contributed by atoms with Gasteiger partial charge in [-0.05, 0) is 43.0 Å². The van der Waals surface area contributed by atoms with Crippen LogP contribution in [0.3, 0.4) is 0 Å². The van der Waals surface area contributed by atoms with Crippen molar-refractivity contribution in [1.29, 1.82) is 0 Å². The Morgan fingerprint density at radius 1 is 1.33 bits per heavy atom. The van der Waals surface area contributed by atoms with E-state index in [0.717, 1.165) is 43.5 Å². The highest BCUT2D eigenvalue weighted by molar-refractivity contribution is 5.98. The zero-order chi connectivity index (χ0) is 14.4. The van der Waals surface area contributed by atoms with Crippen LogP contribution in [-0.4, -0.2) is 42.4 Å². The van der Waals surface area contributed by atoms with Crippen LogP contribution in [0.25, 0.3) is 0 Å². The molecular formula is C16H19N3O2. The second-order valence-electron chi connectivity index (χ2n) is 6.03. The van der Waals surface area contributed by atoms with E-state index in [1.54, 1.807) is 0 Å². The molecule has 2 N–H and O–H groups in total. The van der Waals surface area contributed by atoms with E-state index >= 15 is 0 Å². The highest BCUT2D eigenvalue weighted by Crippen LogP contribution is 2.35. The summed E-state index contributed by atoms with van der Waals surface area (Å²) >= 11 is 0. The lowest BCUT2D eigenvalue weighted by molar-refractivity contribution is -0.136. The first-order valence-corrected chi connectivity index (χ1v) is 7.69. The lowest BCUT2D eigenvalue weighted by atomic mass is 9.85. The smallest absolute Gasteiger partial charge is 0.251 e. The van der Waals surface area contributed by atoms with Gasteiger partial charge in [0.1, 0.15) is 0 Å². The van der Waals surface area contributed by atoms with E-state index in [0.29, 0.717) is 6.54 Å².